The summed E-state index contributed by atoms with van der Waals surface area (Å²) in [4.78, 5) is 15.1. The van der Waals surface area contributed by atoms with Gasteiger partial charge in [0.05, 0.1) is 16.7 Å². The Morgan fingerprint density at radius 3 is 2.57 bits per heavy atom. The van der Waals surface area contributed by atoms with Gasteiger partial charge in [0.25, 0.3) is 5.91 Å². The van der Waals surface area contributed by atoms with Gasteiger partial charge in [-0.05, 0) is 66.4 Å². The summed E-state index contributed by atoms with van der Waals surface area (Å²) in [6.45, 7) is 2.42. The Morgan fingerprint density at radius 2 is 1.80 bits per heavy atom. The van der Waals surface area contributed by atoms with Crippen LogP contribution in [-0.2, 0) is 22.0 Å². The van der Waals surface area contributed by atoms with E-state index in [1.807, 2.05) is 6.92 Å². The summed E-state index contributed by atoms with van der Waals surface area (Å²) in [5.41, 5.74) is 2.86. The SMILES string of the molecule is CC1c2cc(F)ccc2CCN1C(=O)c1cccc(CS(=O)(=O)c2ccccc2)c1. The van der Waals surface area contributed by atoms with E-state index < -0.39 is 9.84 Å². The Morgan fingerprint density at radius 1 is 1.03 bits per heavy atom. The number of amides is 1. The number of hydrogen-bond donors (Lipinski definition) is 0. The van der Waals surface area contributed by atoms with E-state index in [-0.39, 0.29) is 28.4 Å². The fraction of sp³-hybridized carbons (Fsp3) is 0.208. The molecule has 0 spiro atoms. The third-order valence-corrected chi connectivity index (χ3v) is 7.25. The lowest BCUT2D eigenvalue weighted by molar-refractivity contribution is 0.0677. The van der Waals surface area contributed by atoms with E-state index >= 15 is 0 Å². The van der Waals surface area contributed by atoms with Crippen LogP contribution in [-0.4, -0.2) is 25.8 Å². The summed E-state index contributed by atoms with van der Waals surface area (Å²) in [5.74, 6) is -0.679. The van der Waals surface area contributed by atoms with Crippen molar-refractivity contribution in [2.24, 2.45) is 0 Å². The van der Waals surface area contributed by atoms with Gasteiger partial charge < -0.3 is 4.90 Å². The van der Waals surface area contributed by atoms with E-state index in [9.17, 15) is 17.6 Å². The molecule has 1 aliphatic rings. The normalized spacial score (nSPS) is 16.2. The molecule has 30 heavy (non-hydrogen) atoms. The molecule has 0 saturated heterocycles. The highest BCUT2D eigenvalue weighted by molar-refractivity contribution is 7.90. The highest BCUT2D eigenvalue weighted by Crippen LogP contribution is 2.31. The molecule has 0 bridgehead atoms. The number of nitrogens with zero attached hydrogens (tertiary/aromatic N) is 1. The maximum Gasteiger partial charge on any atom is 0.254 e. The quantitative estimate of drug-likeness (QED) is 0.618. The van der Waals surface area contributed by atoms with Gasteiger partial charge >= 0.3 is 0 Å². The number of carbonyl (C=O) groups excluding carboxylic acids is 1. The van der Waals surface area contributed by atoms with Gasteiger partial charge in [-0.2, -0.15) is 0 Å². The largest absolute Gasteiger partial charge is 0.332 e. The van der Waals surface area contributed by atoms with Crippen molar-refractivity contribution in [2.45, 2.75) is 30.0 Å². The van der Waals surface area contributed by atoms with Crippen LogP contribution in [0.1, 0.15) is 40.0 Å². The summed E-state index contributed by atoms with van der Waals surface area (Å²) in [5, 5.41) is 0. The minimum absolute atomic E-state index is 0.179. The molecule has 3 aromatic rings. The number of carbonyl (C=O) groups is 1. The zero-order valence-corrected chi connectivity index (χ0v) is 17.4. The molecule has 3 aromatic carbocycles. The molecule has 4 nitrogen and oxygen atoms in total. The third kappa shape index (κ3) is 4.00. The average Bonchev–Trinajstić information content (AvgIpc) is 2.74. The fourth-order valence-electron chi connectivity index (χ4n) is 3.95. The maximum absolute atomic E-state index is 13.7. The van der Waals surface area contributed by atoms with Crippen molar-refractivity contribution in [1.82, 2.24) is 4.90 Å². The van der Waals surface area contributed by atoms with Gasteiger partial charge in [-0.3, -0.25) is 4.79 Å². The highest BCUT2D eigenvalue weighted by atomic mass is 32.2. The molecule has 1 aliphatic heterocycles. The smallest absolute Gasteiger partial charge is 0.254 e. The number of hydrogen-bond acceptors (Lipinski definition) is 3. The summed E-state index contributed by atoms with van der Waals surface area (Å²) in [6, 6.07) is 19.5. The molecule has 6 heteroatoms. The van der Waals surface area contributed by atoms with Crippen LogP contribution >= 0.6 is 0 Å². The van der Waals surface area contributed by atoms with Gasteiger partial charge in [-0.25, -0.2) is 12.8 Å². The maximum atomic E-state index is 13.7. The molecule has 0 aromatic heterocycles. The molecule has 154 valence electrons. The third-order valence-electron chi connectivity index (χ3n) is 5.54. The van der Waals surface area contributed by atoms with Crippen molar-refractivity contribution >= 4 is 15.7 Å². The minimum atomic E-state index is -3.50. The Kier molecular flexibility index (Phi) is 5.43. The summed E-state index contributed by atoms with van der Waals surface area (Å²) in [7, 11) is -3.50. The van der Waals surface area contributed by atoms with Crippen molar-refractivity contribution in [3.05, 3.63) is 101 Å². The fourth-order valence-corrected chi connectivity index (χ4v) is 5.31. The molecule has 0 saturated carbocycles. The second-order valence-corrected chi connectivity index (χ2v) is 9.53. The van der Waals surface area contributed by atoms with Gasteiger partial charge in [-0.1, -0.05) is 36.4 Å². The molecular formula is C24H22FNO3S. The van der Waals surface area contributed by atoms with E-state index in [0.29, 0.717) is 24.1 Å². The molecule has 0 radical (unpaired) electrons. The standard InChI is InChI=1S/C24H22FNO3S/c1-17-23-15-21(25)11-10-19(23)12-13-26(17)24(27)20-7-5-6-18(14-20)16-30(28,29)22-8-3-2-4-9-22/h2-11,14-15,17H,12-13,16H2,1H3. The number of sulfone groups is 1. The first-order chi connectivity index (χ1) is 14.3. The van der Waals surface area contributed by atoms with Crippen LogP contribution in [0.2, 0.25) is 0 Å². The highest BCUT2D eigenvalue weighted by Gasteiger charge is 2.29. The lowest BCUT2D eigenvalue weighted by Gasteiger charge is -2.35. The van der Waals surface area contributed by atoms with E-state index in [1.165, 1.54) is 12.1 Å². The Hall–Kier alpha value is -2.99. The molecule has 1 atom stereocenters. The van der Waals surface area contributed by atoms with Crippen molar-refractivity contribution < 1.29 is 17.6 Å². The Labute approximate surface area is 175 Å². The van der Waals surface area contributed by atoms with Crippen LogP contribution in [0.4, 0.5) is 4.39 Å². The second-order valence-electron chi connectivity index (χ2n) is 7.54. The van der Waals surface area contributed by atoms with Crippen LogP contribution in [0.3, 0.4) is 0 Å². The van der Waals surface area contributed by atoms with Crippen LogP contribution in [0.15, 0.2) is 77.7 Å². The van der Waals surface area contributed by atoms with Gasteiger partial charge in [0.15, 0.2) is 9.84 Å². The van der Waals surface area contributed by atoms with E-state index in [1.54, 1.807) is 65.6 Å². The topological polar surface area (TPSA) is 54.5 Å². The monoisotopic (exact) mass is 423 g/mol. The van der Waals surface area contributed by atoms with Crippen molar-refractivity contribution in [3.63, 3.8) is 0 Å². The van der Waals surface area contributed by atoms with Gasteiger partial charge in [-0.15, -0.1) is 0 Å². The molecular weight excluding hydrogens is 401 g/mol. The molecule has 1 amide bonds. The van der Waals surface area contributed by atoms with Crippen molar-refractivity contribution in [3.8, 4) is 0 Å². The van der Waals surface area contributed by atoms with Gasteiger partial charge in [0.2, 0.25) is 0 Å². The summed E-state index contributed by atoms with van der Waals surface area (Å²) < 4.78 is 39.1. The molecule has 0 aliphatic carbocycles. The summed E-state index contributed by atoms with van der Waals surface area (Å²) in [6.07, 6.45) is 0.660. The Bertz CT molecular complexity index is 1190. The lowest BCUT2D eigenvalue weighted by Crippen LogP contribution is -2.39. The van der Waals surface area contributed by atoms with E-state index in [4.69, 9.17) is 0 Å². The zero-order chi connectivity index (χ0) is 21.3. The molecule has 0 fully saturated rings. The second kappa shape index (κ2) is 8.03. The van der Waals surface area contributed by atoms with Gasteiger partial charge in [0.1, 0.15) is 5.82 Å². The molecule has 1 heterocycles. The number of fused-ring (bicyclic) bond motifs is 1. The predicted octanol–water partition coefficient (Wildman–Crippen LogP) is 4.56. The lowest BCUT2D eigenvalue weighted by atomic mass is 9.93. The van der Waals surface area contributed by atoms with Crippen molar-refractivity contribution in [2.75, 3.05) is 6.54 Å². The van der Waals surface area contributed by atoms with Gasteiger partial charge in [0, 0.05) is 12.1 Å². The van der Waals surface area contributed by atoms with Crippen LogP contribution in [0, 0.1) is 5.82 Å². The van der Waals surface area contributed by atoms with Crippen LogP contribution < -0.4 is 0 Å². The van der Waals surface area contributed by atoms with Crippen LogP contribution in [0.25, 0.3) is 0 Å². The first-order valence-corrected chi connectivity index (χ1v) is 11.5. The van der Waals surface area contributed by atoms with E-state index in [0.717, 1.165) is 11.1 Å². The minimum Gasteiger partial charge on any atom is -0.332 e. The first kappa shape index (κ1) is 20.3. The predicted molar refractivity (Wildman–Crippen MR) is 113 cm³/mol. The molecule has 4 rings (SSSR count). The first-order valence-electron chi connectivity index (χ1n) is 9.81. The van der Waals surface area contributed by atoms with Crippen molar-refractivity contribution in [1.29, 1.82) is 0 Å². The zero-order valence-electron chi connectivity index (χ0n) is 16.6. The van der Waals surface area contributed by atoms with E-state index in [2.05, 4.69) is 0 Å². The average molecular weight is 424 g/mol. The molecule has 1 unspecified atom stereocenters. The Balaban J connectivity index is 1.58. The number of halogens is 1. The van der Waals surface area contributed by atoms with Crippen LogP contribution in [0.5, 0.6) is 0 Å². The number of rotatable bonds is 4. The summed E-state index contributed by atoms with van der Waals surface area (Å²) >= 11 is 0. The molecule has 0 N–H and O–H groups in total. The number of benzene rings is 3.